The van der Waals surface area contributed by atoms with Crippen molar-refractivity contribution in [2.75, 3.05) is 17.7 Å². The van der Waals surface area contributed by atoms with Crippen molar-refractivity contribution in [1.82, 2.24) is 0 Å². The number of anilines is 1. The fourth-order valence-electron chi connectivity index (χ4n) is 1.53. The molecule has 2 rings (SSSR count). The minimum atomic E-state index is -3.50. The van der Waals surface area contributed by atoms with Gasteiger partial charge in [-0.25, -0.2) is 8.42 Å². The Balaban J connectivity index is 2.16. The normalized spacial score (nSPS) is 14.8. The smallest absolute Gasteiger partial charge is 0.262 e. The number of aryl methyl sites for hydroxylation is 1. The van der Waals surface area contributed by atoms with Crippen molar-refractivity contribution >= 4 is 31.3 Å². The minimum Gasteiger partial charge on any atom is -0.482 e. The van der Waals surface area contributed by atoms with Crippen molar-refractivity contribution in [3.8, 4) is 5.75 Å². The third-order valence-corrected chi connectivity index (χ3v) is 3.47. The van der Waals surface area contributed by atoms with Crippen LogP contribution in [0.15, 0.2) is 18.2 Å². The lowest BCUT2D eigenvalue weighted by atomic mass is 10.1. The van der Waals surface area contributed by atoms with Gasteiger partial charge >= 0.3 is 0 Å². The third-order valence-electron chi connectivity index (χ3n) is 2.31. The molecule has 1 heterocycles. The molecule has 17 heavy (non-hydrogen) atoms. The second kappa shape index (κ2) is 4.54. The number of hydrogen-bond donors (Lipinski definition) is 1. The highest BCUT2D eigenvalue weighted by atomic mass is 35.7. The number of ether oxygens (including phenoxy) is 1. The van der Waals surface area contributed by atoms with Gasteiger partial charge in [0.2, 0.25) is 9.05 Å². The maximum atomic E-state index is 11.1. The van der Waals surface area contributed by atoms with Gasteiger partial charge in [0.05, 0.1) is 11.4 Å². The summed E-state index contributed by atoms with van der Waals surface area (Å²) >= 11 is 0. The number of hydrogen-bond acceptors (Lipinski definition) is 4. The lowest BCUT2D eigenvalue weighted by molar-refractivity contribution is -0.118. The molecule has 1 amide bonds. The molecular formula is C10H10ClNO4S. The summed E-state index contributed by atoms with van der Waals surface area (Å²) in [5, 5.41) is 2.65. The van der Waals surface area contributed by atoms with E-state index in [1.807, 2.05) is 0 Å². The summed E-state index contributed by atoms with van der Waals surface area (Å²) in [5.41, 5.74) is 1.34. The molecule has 7 heteroatoms. The molecule has 0 radical (unpaired) electrons. The molecule has 92 valence electrons. The quantitative estimate of drug-likeness (QED) is 0.840. The molecule has 5 nitrogen and oxygen atoms in total. The van der Waals surface area contributed by atoms with Crippen LogP contribution in [0, 0.1) is 0 Å². The number of benzene rings is 1. The second-order valence-corrected chi connectivity index (χ2v) is 6.56. The van der Waals surface area contributed by atoms with Crippen molar-refractivity contribution in [3.05, 3.63) is 23.8 Å². The van der Waals surface area contributed by atoms with Gasteiger partial charge in [-0.15, -0.1) is 0 Å². The molecule has 0 spiro atoms. The number of carbonyl (C=O) groups is 1. The average Bonchev–Trinajstić information content (AvgIpc) is 2.24. The zero-order chi connectivity index (χ0) is 12.5. The van der Waals surface area contributed by atoms with Gasteiger partial charge in [0, 0.05) is 10.7 Å². The maximum Gasteiger partial charge on any atom is 0.262 e. The summed E-state index contributed by atoms with van der Waals surface area (Å²) in [4.78, 5) is 11.1. The van der Waals surface area contributed by atoms with E-state index in [-0.39, 0.29) is 18.3 Å². The van der Waals surface area contributed by atoms with Crippen LogP contribution in [-0.2, 0) is 20.3 Å². The monoisotopic (exact) mass is 275 g/mol. The molecule has 1 N–H and O–H groups in total. The molecule has 1 aliphatic heterocycles. The molecule has 1 aliphatic rings. The van der Waals surface area contributed by atoms with E-state index in [1.165, 1.54) is 0 Å². The van der Waals surface area contributed by atoms with Crippen LogP contribution in [0.4, 0.5) is 5.69 Å². The van der Waals surface area contributed by atoms with E-state index in [4.69, 9.17) is 15.4 Å². The van der Waals surface area contributed by atoms with E-state index in [0.29, 0.717) is 17.9 Å². The standard InChI is InChI=1S/C10H10ClNO4S/c11-17(14,15)4-3-7-1-2-9-8(5-7)12-10(13)6-16-9/h1-2,5H,3-4,6H2,(H,12,13). The predicted octanol–water partition coefficient (Wildman–Crippen LogP) is 1.13. The molecule has 0 bridgehead atoms. The van der Waals surface area contributed by atoms with Gasteiger partial charge in [-0.2, -0.15) is 0 Å². The van der Waals surface area contributed by atoms with Crippen LogP contribution in [-0.4, -0.2) is 26.7 Å². The van der Waals surface area contributed by atoms with Crippen molar-refractivity contribution in [2.24, 2.45) is 0 Å². The van der Waals surface area contributed by atoms with Gasteiger partial charge in [-0.05, 0) is 24.1 Å². The summed E-state index contributed by atoms with van der Waals surface area (Å²) in [5.74, 6) is 0.226. The molecule has 0 saturated carbocycles. The Labute approximate surface area is 103 Å². The zero-order valence-corrected chi connectivity index (χ0v) is 10.3. The van der Waals surface area contributed by atoms with Crippen LogP contribution in [0.1, 0.15) is 5.56 Å². The van der Waals surface area contributed by atoms with E-state index in [2.05, 4.69) is 5.32 Å². The zero-order valence-electron chi connectivity index (χ0n) is 8.77. The van der Waals surface area contributed by atoms with Crippen LogP contribution in [0.25, 0.3) is 0 Å². The fraction of sp³-hybridized carbons (Fsp3) is 0.300. The molecule has 0 fully saturated rings. The molecule has 1 aromatic carbocycles. The summed E-state index contributed by atoms with van der Waals surface area (Å²) in [6.45, 7) is 0.00239. The van der Waals surface area contributed by atoms with Crippen molar-refractivity contribution in [3.63, 3.8) is 0 Å². The van der Waals surface area contributed by atoms with Crippen molar-refractivity contribution in [1.29, 1.82) is 0 Å². The molecule has 1 aromatic rings. The largest absolute Gasteiger partial charge is 0.482 e. The van der Waals surface area contributed by atoms with Crippen LogP contribution in [0.3, 0.4) is 0 Å². The second-order valence-electron chi connectivity index (χ2n) is 3.66. The third kappa shape index (κ3) is 3.34. The molecule has 0 unspecified atom stereocenters. The topological polar surface area (TPSA) is 72.5 Å². The van der Waals surface area contributed by atoms with E-state index in [0.717, 1.165) is 5.56 Å². The first-order valence-corrected chi connectivity index (χ1v) is 7.40. The Morgan fingerprint density at radius 1 is 1.41 bits per heavy atom. The summed E-state index contributed by atoms with van der Waals surface area (Å²) in [6, 6.07) is 5.14. The van der Waals surface area contributed by atoms with E-state index in [1.54, 1.807) is 18.2 Å². The van der Waals surface area contributed by atoms with Crippen LogP contribution >= 0.6 is 10.7 Å². The summed E-state index contributed by atoms with van der Waals surface area (Å²) in [6.07, 6.45) is 0.301. The Morgan fingerprint density at radius 2 is 2.18 bits per heavy atom. The highest BCUT2D eigenvalue weighted by Gasteiger charge is 2.16. The van der Waals surface area contributed by atoms with Gasteiger partial charge in [0.1, 0.15) is 5.75 Å². The van der Waals surface area contributed by atoms with Crippen LogP contribution < -0.4 is 10.1 Å². The molecule has 0 saturated heterocycles. The van der Waals surface area contributed by atoms with Gasteiger partial charge in [0.15, 0.2) is 6.61 Å². The first kappa shape index (κ1) is 12.2. The van der Waals surface area contributed by atoms with E-state index >= 15 is 0 Å². The highest BCUT2D eigenvalue weighted by molar-refractivity contribution is 8.13. The lowest BCUT2D eigenvalue weighted by Gasteiger charge is -2.18. The fourth-order valence-corrected chi connectivity index (χ4v) is 2.24. The summed E-state index contributed by atoms with van der Waals surface area (Å²) in [7, 11) is 1.63. The summed E-state index contributed by atoms with van der Waals surface area (Å²) < 4.78 is 26.8. The molecule has 0 atom stereocenters. The number of halogens is 1. The first-order chi connectivity index (χ1) is 7.94. The van der Waals surface area contributed by atoms with Gasteiger partial charge in [-0.3, -0.25) is 4.79 Å². The van der Waals surface area contributed by atoms with Crippen LogP contribution in [0.2, 0.25) is 0 Å². The molecule has 0 aromatic heterocycles. The Morgan fingerprint density at radius 3 is 2.88 bits per heavy atom. The Hall–Kier alpha value is -1.27. The number of nitrogens with one attached hydrogen (secondary N) is 1. The van der Waals surface area contributed by atoms with Crippen molar-refractivity contribution < 1.29 is 17.9 Å². The SMILES string of the molecule is O=C1COc2ccc(CCS(=O)(=O)Cl)cc2N1. The average molecular weight is 276 g/mol. The number of fused-ring (bicyclic) bond motifs is 1. The highest BCUT2D eigenvalue weighted by Crippen LogP contribution is 2.28. The first-order valence-electron chi connectivity index (χ1n) is 4.92. The number of amides is 1. The number of carbonyl (C=O) groups excluding carboxylic acids is 1. The number of rotatable bonds is 3. The van der Waals surface area contributed by atoms with Crippen molar-refractivity contribution in [2.45, 2.75) is 6.42 Å². The van der Waals surface area contributed by atoms with E-state index < -0.39 is 9.05 Å². The minimum absolute atomic E-state index is 0.00239. The van der Waals surface area contributed by atoms with Gasteiger partial charge in [-0.1, -0.05) is 6.07 Å². The maximum absolute atomic E-state index is 11.1. The van der Waals surface area contributed by atoms with Gasteiger partial charge in [0.25, 0.3) is 5.91 Å². The predicted molar refractivity (Wildman–Crippen MR) is 63.9 cm³/mol. The lowest BCUT2D eigenvalue weighted by Crippen LogP contribution is -2.25. The molecule has 0 aliphatic carbocycles. The molecular weight excluding hydrogens is 266 g/mol. The Kier molecular flexibility index (Phi) is 3.26. The van der Waals surface area contributed by atoms with E-state index in [9.17, 15) is 13.2 Å². The van der Waals surface area contributed by atoms with Gasteiger partial charge < -0.3 is 10.1 Å². The Bertz CT molecular complexity index is 555. The van der Waals surface area contributed by atoms with Crippen LogP contribution in [0.5, 0.6) is 5.75 Å².